The van der Waals surface area contributed by atoms with Crippen LogP contribution in [0.3, 0.4) is 0 Å². The third-order valence-electron chi connectivity index (χ3n) is 3.16. The highest BCUT2D eigenvalue weighted by molar-refractivity contribution is 6.30. The number of amidine groups is 1. The zero-order chi connectivity index (χ0) is 14.0. The average Bonchev–Trinajstić information content (AvgIpc) is 2.43. The topological polar surface area (TPSA) is 76.2 Å². The van der Waals surface area contributed by atoms with E-state index in [9.17, 15) is 9.59 Å². The Kier molecular flexibility index (Phi) is 3.75. The molecule has 1 N–H and O–H groups in total. The fraction of sp³-hybridized carbons (Fsp3) is 0.500. The van der Waals surface area contributed by atoms with Crippen molar-refractivity contribution in [3.8, 4) is 0 Å². The molecule has 19 heavy (non-hydrogen) atoms. The summed E-state index contributed by atoms with van der Waals surface area (Å²) in [6, 6.07) is -0.352. The minimum Gasteiger partial charge on any atom is -0.383 e. The Morgan fingerprint density at radius 3 is 2.79 bits per heavy atom. The highest BCUT2D eigenvalue weighted by Crippen LogP contribution is 2.17. The second kappa shape index (κ2) is 5.31. The number of carbonyl (C=O) groups excluding carboxylic acids is 2. The van der Waals surface area contributed by atoms with Gasteiger partial charge in [0.05, 0.1) is 32.1 Å². The van der Waals surface area contributed by atoms with E-state index in [0.717, 1.165) is 4.90 Å². The van der Waals surface area contributed by atoms with Crippen LogP contribution < -0.4 is 4.99 Å². The zero-order valence-corrected chi connectivity index (χ0v) is 11.2. The van der Waals surface area contributed by atoms with Gasteiger partial charge in [-0.25, -0.2) is 14.7 Å². The van der Waals surface area contributed by atoms with Crippen LogP contribution in [0.5, 0.6) is 0 Å². The van der Waals surface area contributed by atoms with E-state index in [1.54, 1.807) is 26.4 Å². The van der Waals surface area contributed by atoms with E-state index in [2.05, 4.69) is 9.98 Å². The molecular weight excluding hydrogens is 248 g/mol. The fourth-order valence-corrected chi connectivity index (χ4v) is 2.09. The number of hydrogen-bond donors (Lipinski definition) is 1. The Bertz CT molecular complexity index is 495. The lowest BCUT2D eigenvalue weighted by Gasteiger charge is -2.31. The summed E-state index contributed by atoms with van der Waals surface area (Å²) in [7, 11) is 4.71. The van der Waals surface area contributed by atoms with Crippen molar-refractivity contribution in [2.45, 2.75) is 0 Å². The lowest BCUT2D eigenvalue weighted by atomic mass is 9.95. The predicted octanol–water partition coefficient (Wildman–Crippen LogP) is -1.78. The molecule has 2 rings (SSSR count). The second-order valence-corrected chi connectivity index (χ2v) is 4.33. The minimum atomic E-state index is -0.547. The molecule has 0 radical (unpaired) electrons. The number of rotatable bonds is 3. The summed E-state index contributed by atoms with van der Waals surface area (Å²) < 4.78 is 4.94. The number of imide groups is 1. The first-order valence-electron chi connectivity index (χ1n) is 5.96. The number of methoxy groups -OCH3 is 1. The van der Waals surface area contributed by atoms with Crippen molar-refractivity contribution < 1.29 is 19.3 Å². The number of aliphatic imine (C=N–C) groups is 1. The fourth-order valence-electron chi connectivity index (χ4n) is 2.09. The molecule has 2 aliphatic heterocycles. The predicted molar refractivity (Wildman–Crippen MR) is 68.7 cm³/mol. The Morgan fingerprint density at radius 2 is 2.11 bits per heavy atom. The van der Waals surface area contributed by atoms with Gasteiger partial charge in [-0.15, -0.1) is 0 Å². The summed E-state index contributed by atoms with van der Waals surface area (Å²) in [5.74, 6) is -0.271. The Balaban J connectivity index is 2.32. The van der Waals surface area contributed by atoms with Crippen molar-refractivity contribution in [3.05, 3.63) is 12.3 Å². The van der Waals surface area contributed by atoms with Gasteiger partial charge >= 0.3 is 6.03 Å². The molecular formula is C12H17N4O3+. The van der Waals surface area contributed by atoms with Gasteiger partial charge in [0.1, 0.15) is 0 Å². The lowest BCUT2D eigenvalue weighted by molar-refractivity contribution is -0.382. The van der Waals surface area contributed by atoms with Crippen LogP contribution in [0.25, 0.3) is 0 Å². The van der Waals surface area contributed by atoms with E-state index < -0.39 is 5.92 Å². The maximum absolute atomic E-state index is 12.2. The van der Waals surface area contributed by atoms with E-state index in [1.807, 2.05) is 0 Å². The largest absolute Gasteiger partial charge is 0.417 e. The van der Waals surface area contributed by atoms with E-state index in [1.165, 1.54) is 11.9 Å². The molecule has 3 amide bonds. The molecule has 7 nitrogen and oxygen atoms in total. The molecule has 0 aromatic carbocycles. The quantitative estimate of drug-likeness (QED) is 0.613. The van der Waals surface area contributed by atoms with Gasteiger partial charge in [0.15, 0.2) is 5.92 Å². The van der Waals surface area contributed by atoms with Crippen molar-refractivity contribution in [1.29, 1.82) is 0 Å². The first-order valence-corrected chi connectivity index (χ1v) is 5.96. The summed E-state index contributed by atoms with van der Waals surface area (Å²) in [6.07, 6.45) is 3.43. The van der Waals surface area contributed by atoms with E-state index >= 15 is 0 Å². The van der Waals surface area contributed by atoms with Crippen molar-refractivity contribution >= 4 is 23.5 Å². The van der Waals surface area contributed by atoms with Crippen LogP contribution in [0.1, 0.15) is 0 Å². The summed E-state index contributed by atoms with van der Waals surface area (Å²) in [5, 5.41) is 0. The van der Waals surface area contributed by atoms with Crippen LogP contribution >= 0.6 is 0 Å². The van der Waals surface area contributed by atoms with Crippen LogP contribution in [0, 0.1) is 5.92 Å². The Labute approximate surface area is 111 Å². The molecule has 0 saturated carbocycles. The number of amides is 3. The number of nitrogens with one attached hydrogen (secondary N) is 1. The molecule has 0 aromatic heterocycles. The summed E-state index contributed by atoms with van der Waals surface area (Å²) >= 11 is 0. The molecule has 1 atom stereocenters. The van der Waals surface area contributed by atoms with Gasteiger partial charge < -0.3 is 4.74 Å². The van der Waals surface area contributed by atoms with Gasteiger partial charge in [-0.05, 0) is 6.08 Å². The summed E-state index contributed by atoms with van der Waals surface area (Å²) in [4.78, 5) is 33.9. The smallest absolute Gasteiger partial charge is 0.383 e. The minimum absolute atomic E-state index is 0.272. The SMILES string of the molecule is COCCN=C1C=C[NH+]=C2C1C(=O)N(C)C(=O)N2C. The second-order valence-electron chi connectivity index (χ2n) is 4.33. The average molecular weight is 265 g/mol. The van der Waals surface area contributed by atoms with Crippen LogP contribution in [-0.2, 0) is 9.53 Å². The van der Waals surface area contributed by atoms with Gasteiger partial charge in [-0.2, -0.15) is 4.90 Å². The normalized spacial score (nSPS) is 24.9. The standard InChI is InChI=1S/C12H16N4O3/c1-15-10-9(11(17)16(2)12(15)18)8(4-5-14-10)13-6-7-19-3/h4-5,9H,6-7H2,1-3H3/p+1. The number of allylic oxidation sites excluding steroid dienone is 1. The molecule has 1 unspecified atom stereocenters. The lowest BCUT2D eigenvalue weighted by Crippen LogP contribution is -2.79. The van der Waals surface area contributed by atoms with Gasteiger partial charge in [-0.1, -0.05) is 0 Å². The van der Waals surface area contributed by atoms with E-state index in [-0.39, 0.29) is 11.9 Å². The van der Waals surface area contributed by atoms with E-state index in [0.29, 0.717) is 24.7 Å². The number of hydrogen-bond acceptors (Lipinski definition) is 4. The summed E-state index contributed by atoms with van der Waals surface area (Å²) in [6.45, 7) is 0.972. The molecule has 1 fully saturated rings. The van der Waals surface area contributed by atoms with Crippen LogP contribution in [0.4, 0.5) is 4.79 Å². The Hall–Kier alpha value is -2.02. The molecule has 2 heterocycles. The number of nitrogens with zero attached hydrogens (tertiary/aromatic N) is 3. The van der Waals surface area contributed by atoms with Gasteiger partial charge in [0, 0.05) is 14.2 Å². The van der Waals surface area contributed by atoms with Gasteiger partial charge in [0.2, 0.25) is 0 Å². The zero-order valence-electron chi connectivity index (χ0n) is 11.2. The molecule has 102 valence electrons. The number of carbonyl (C=O) groups is 2. The monoisotopic (exact) mass is 265 g/mol. The summed E-state index contributed by atoms with van der Waals surface area (Å²) in [5.41, 5.74) is 0.641. The number of fused-ring (bicyclic) bond motifs is 1. The van der Waals surface area contributed by atoms with Crippen molar-refractivity contribution in [2.75, 3.05) is 34.4 Å². The maximum Gasteiger partial charge on any atom is 0.417 e. The van der Waals surface area contributed by atoms with Crippen molar-refractivity contribution in [3.63, 3.8) is 0 Å². The Morgan fingerprint density at radius 1 is 1.37 bits per heavy atom. The third kappa shape index (κ3) is 2.28. The van der Waals surface area contributed by atoms with Gasteiger partial charge in [0.25, 0.3) is 11.7 Å². The highest BCUT2D eigenvalue weighted by atomic mass is 16.5. The molecule has 7 heteroatoms. The van der Waals surface area contributed by atoms with Crippen molar-refractivity contribution in [2.24, 2.45) is 10.9 Å². The molecule has 1 saturated heterocycles. The third-order valence-corrected chi connectivity index (χ3v) is 3.16. The van der Waals surface area contributed by atoms with Gasteiger partial charge in [-0.3, -0.25) is 9.79 Å². The molecule has 0 aliphatic carbocycles. The van der Waals surface area contributed by atoms with Crippen LogP contribution in [0.15, 0.2) is 17.3 Å². The molecule has 0 spiro atoms. The highest BCUT2D eigenvalue weighted by Gasteiger charge is 2.49. The molecule has 0 bridgehead atoms. The van der Waals surface area contributed by atoms with Crippen LogP contribution in [-0.4, -0.2) is 67.6 Å². The molecule has 0 aromatic rings. The maximum atomic E-state index is 12.2. The van der Waals surface area contributed by atoms with Crippen molar-refractivity contribution in [1.82, 2.24) is 9.80 Å². The number of urea groups is 1. The van der Waals surface area contributed by atoms with Crippen LogP contribution in [0.2, 0.25) is 0 Å². The number of ether oxygens (including phenoxy) is 1. The molecule has 2 aliphatic rings. The first kappa shape index (κ1) is 13.4. The van der Waals surface area contributed by atoms with E-state index in [4.69, 9.17) is 4.74 Å². The first-order chi connectivity index (χ1) is 9.07.